The van der Waals surface area contributed by atoms with E-state index in [0.29, 0.717) is 16.9 Å². The molecule has 0 unspecified atom stereocenters. The molecule has 0 bridgehead atoms. The van der Waals surface area contributed by atoms with Crippen LogP contribution in [0.4, 0.5) is 10.1 Å². The van der Waals surface area contributed by atoms with Crippen LogP contribution >= 0.6 is 15.9 Å². The van der Waals surface area contributed by atoms with Gasteiger partial charge in [0.25, 0.3) is 5.91 Å². The molecular formula is C14H19BrFN3O2. The smallest absolute Gasteiger partial charge is 0.255 e. The molecule has 0 radical (unpaired) electrons. The molecule has 0 fully saturated rings. The normalized spacial score (nSPS) is 10.6. The van der Waals surface area contributed by atoms with Crippen LogP contribution in [0.3, 0.4) is 0 Å². The quantitative estimate of drug-likeness (QED) is 0.789. The van der Waals surface area contributed by atoms with Crippen molar-refractivity contribution in [1.82, 2.24) is 10.2 Å². The van der Waals surface area contributed by atoms with Crippen molar-refractivity contribution in [2.24, 2.45) is 5.92 Å². The first-order valence-electron chi connectivity index (χ1n) is 6.49. The van der Waals surface area contributed by atoms with Crippen LogP contribution in [0.5, 0.6) is 0 Å². The molecule has 0 saturated carbocycles. The van der Waals surface area contributed by atoms with Crippen molar-refractivity contribution >= 4 is 33.4 Å². The van der Waals surface area contributed by atoms with E-state index < -0.39 is 11.7 Å². The average molecular weight is 360 g/mol. The maximum Gasteiger partial charge on any atom is 0.255 e. The molecule has 0 atom stereocenters. The Labute approximate surface area is 131 Å². The van der Waals surface area contributed by atoms with Crippen LogP contribution in [0.1, 0.15) is 24.2 Å². The molecule has 0 aliphatic heterocycles. The molecule has 1 rings (SSSR count). The minimum absolute atomic E-state index is 0.0741. The molecule has 0 aliphatic rings. The summed E-state index contributed by atoms with van der Waals surface area (Å²) in [6.07, 6.45) is 0. The number of anilines is 1. The molecule has 0 heterocycles. The molecule has 116 valence electrons. The molecule has 7 heteroatoms. The van der Waals surface area contributed by atoms with Gasteiger partial charge in [0.05, 0.1) is 17.8 Å². The van der Waals surface area contributed by atoms with Gasteiger partial charge in [-0.15, -0.1) is 0 Å². The van der Waals surface area contributed by atoms with Gasteiger partial charge in [0.2, 0.25) is 5.91 Å². The first-order valence-corrected chi connectivity index (χ1v) is 7.28. The molecule has 2 amide bonds. The van der Waals surface area contributed by atoms with Gasteiger partial charge in [-0.1, -0.05) is 13.8 Å². The third-order valence-corrected chi connectivity index (χ3v) is 3.41. The van der Waals surface area contributed by atoms with Crippen LogP contribution in [0, 0.1) is 11.7 Å². The van der Waals surface area contributed by atoms with E-state index >= 15 is 0 Å². The van der Waals surface area contributed by atoms with Crippen LogP contribution in [0.25, 0.3) is 0 Å². The van der Waals surface area contributed by atoms with Gasteiger partial charge in [-0.25, -0.2) is 4.39 Å². The standard InChI is InChI=1S/C14H19BrFN3O2/c1-8(2)6-18-13(20)7-19(3)14(21)9-4-12(17)11(16)5-10(9)15/h4-5,8H,6-7,17H2,1-3H3,(H,18,20). The zero-order valence-corrected chi connectivity index (χ0v) is 13.8. The van der Waals surface area contributed by atoms with E-state index in [1.54, 1.807) is 0 Å². The van der Waals surface area contributed by atoms with E-state index in [1.165, 1.54) is 18.0 Å². The Hall–Kier alpha value is -1.63. The lowest BCUT2D eigenvalue weighted by Gasteiger charge is -2.18. The van der Waals surface area contributed by atoms with E-state index in [1.807, 2.05) is 13.8 Å². The van der Waals surface area contributed by atoms with Crippen molar-refractivity contribution in [3.05, 3.63) is 28.0 Å². The summed E-state index contributed by atoms with van der Waals surface area (Å²) < 4.78 is 13.6. The Bertz CT molecular complexity index is 549. The number of likely N-dealkylation sites (N-methyl/N-ethyl adjacent to an activating group) is 1. The highest BCUT2D eigenvalue weighted by Gasteiger charge is 2.19. The van der Waals surface area contributed by atoms with E-state index in [-0.39, 0.29) is 23.7 Å². The molecule has 0 spiro atoms. The summed E-state index contributed by atoms with van der Waals surface area (Å²) in [5.41, 5.74) is 5.57. The maximum atomic E-state index is 13.3. The fourth-order valence-electron chi connectivity index (χ4n) is 1.60. The number of amides is 2. The van der Waals surface area contributed by atoms with E-state index in [2.05, 4.69) is 21.2 Å². The van der Waals surface area contributed by atoms with Crippen LogP contribution in [-0.4, -0.2) is 36.9 Å². The van der Waals surface area contributed by atoms with E-state index in [0.717, 1.165) is 6.07 Å². The Balaban J connectivity index is 2.75. The van der Waals surface area contributed by atoms with Crippen LogP contribution in [-0.2, 0) is 4.79 Å². The van der Waals surface area contributed by atoms with Crippen molar-refractivity contribution in [3.63, 3.8) is 0 Å². The second-order valence-corrected chi connectivity index (χ2v) is 6.07. The van der Waals surface area contributed by atoms with Crippen molar-refractivity contribution in [2.75, 3.05) is 25.9 Å². The third kappa shape index (κ3) is 5.00. The Kier molecular flexibility index (Phi) is 6.14. The number of carbonyl (C=O) groups excluding carboxylic acids is 2. The summed E-state index contributed by atoms with van der Waals surface area (Å²) in [7, 11) is 1.50. The van der Waals surface area contributed by atoms with Crippen molar-refractivity contribution in [2.45, 2.75) is 13.8 Å². The zero-order valence-electron chi connectivity index (χ0n) is 12.2. The van der Waals surface area contributed by atoms with Crippen molar-refractivity contribution in [1.29, 1.82) is 0 Å². The number of hydrogen-bond acceptors (Lipinski definition) is 3. The molecule has 5 nitrogen and oxygen atoms in total. The number of hydrogen-bond donors (Lipinski definition) is 2. The number of carbonyl (C=O) groups is 2. The van der Waals surface area contributed by atoms with Crippen molar-refractivity contribution < 1.29 is 14.0 Å². The molecule has 0 aliphatic carbocycles. The highest BCUT2D eigenvalue weighted by atomic mass is 79.9. The molecular weight excluding hydrogens is 341 g/mol. The lowest BCUT2D eigenvalue weighted by Crippen LogP contribution is -2.39. The first kappa shape index (κ1) is 17.4. The maximum absolute atomic E-state index is 13.3. The second kappa shape index (κ2) is 7.40. The Morgan fingerprint density at radius 1 is 1.43 bits per heavy atom. The lowest BCUT2D eigenvalue weighted by atomic mass is 10.1. The number of nitrogens with two attached hydrogens (primary N) is 1. The van der Waals surface area contributed by atoms with Crippen molar-refractivity contribution in [3.8, 4) is 0 Å². The number of halogens is 2. The van der Waals surface area contributed by atoms with Gasteiger partial charge in [0.15, 0.2) is 0 Å². The van der Waals surface area contributed by atoms with Gasteiger partial charge in [-0.05, 0) is 34.0 Å². The molecule has 1 aromatic carbocycles. The SMILES string of the molecule is CC(C)CNC(=O)CN(C)C(=O)c1cc(N)c(F)cc1Br. The minimum Gasteiger partial charge on any atom is -0.396 e. The van der Waals surface area contributed by atoms with Crippen LogP contribution < -0.4 is 11.1 Å². The minimum atomic E-state index is -0.601. The predicted molar refractivity (Wildman–Crippen MR) is 83.3 cm³/mol. The summed E-state index contributed by atoms with van der Waals surface area (Å²) >= 11 is 3.12. The number of nitrogen functional groups attached to an aromatic ring is 1. The average Bonchev–Trinajstić information content (AvgIpc) is 2.39. The van der Waals surface area contributed by atoms with Crippen LogP contribution in [0.2, 0.25) is 0 Å². The summed E-state index contributed by atoms with van der Waals surface area (Å²) in [5, 5.41) is 2.73. The second-order valence-electron chi connectivity index (χ2n) is 5.21. The lowest BCUT2D eigenvalue weighted by molar-refractivity contribution is -0.121. The van der Waals surface area contributed by atoms with Gasteiger partial charge in [0, 0.05) is 18.1 Å². The molecule has 0 saturated heterocycles. The van der Waals surface area contributed by atoms with Gasteiger partial charge in [-0.2, -0.15) is 0 Å². The fourth-order valence-corrected chi connectivity index (χ4v) is 2.08. The third-order valence-electron chi connectivity index (χ3n) is 2.75. The first-order chi connectivity index (χ1) is 9.72. The van der Waals surface area contributed by atoms with E-state index in [4.69, 9.17) is 5.73 Å². The number of rotatable bonds is 5. The number of nitrogens with zero attached hydrogens (tertiary/aromatic N) is 1. The summed E-state index contributed by atoms with van der Waals surface area (Å²) in [6, 6.07) is 2.39. The summed E-state index contributed by atoms with van der Waals surface area (Å²) in [5.74, 6) is -0.921. The van der Waals surface area contributed by atoms with Crippen LogP contribution in [0.15, 0.2) is 16.6 Å². The monoisotopic (exact) mass is 359 g/mol. The van der Waals surface area contributed by atoms with Gasteiger partial charge < -0.3 is 16.0 Å². The molecule has 1 aromatic rings. The fraction of sp³-hybridized carbons (Fsp3) is 0.429. The number of benzene rings is 1. The van der Waals surface area contributed by atoms with Gasteiger partial charge in [0.1, 0.15) is 5.82 Å². The zero-order chi connectivity index (χ0) is 16.2. The van der Waals surface area contributed by atoms with E-state index in [9.17, 15) is 14.0 Å². The van der Waals surface area contributed by atoms with Gasteiger partial charge in [-0.3, -0.25) is 9.59 Å². The Morgan fingerprint density at radius 3 is 2.62 bits per heavy atom. The summed E-state index contributed by atoms with van der Waals surface area (Å²) in [6.45, 7) is 4.43. The highest BCUT2D eigenvalue weighted by molar-refractivity contribution is 9.10. The van der Waals surface area contributed by atoms with Gasteiger partial charge >= 0.3 is 0 Å². The molecule has 21 heavy (non-hydrogen) atoms. The largest absolute Gasteiger partial charge is 0.396 e. The highest BCUT2D eigenvalue weighted by Crippen LogP contribution is 2.23. The molecule has 0 aromatic heterocycles. The summed E-state index contributed by atoms with van der Waals surface area (Å²) in [4.78, 5) is 25.2. The topological polar surface area (TPSA) is 75.4 Å². The Morgan fingerprint density at radius 2 is 2.05 bits per heavy atom. The number of nitrogens with one attached hydrogen (secondary N) is 1. The molecule has 3 N–H and O–H groups in total. The predicted octanol–water partition coefficient (Wildman–Crippen LogP) is 2.01.